The summed E-state index contributed by atoms with van der Waals surface area (Å²) in [6, 6.07) is 9.46. The third-order valence-electron chi connectivity index (χ3n) is 3.50. The number of ether oxygens (including phenoxy) is 5. The Morgan fingerprint density at radius 2 is 1.52 bits per heavy atom. The van der Waals surface area contributed by atoms with Crippen LogP contribution < -0.4 is 18.9 Å². The molecule has 0 bridgehead atoms. The highest BCUT2D eigenvalue weighted by Crippen LogP contribution is 2.38. The molecule has 25 heavy (non-hydrogen) atoms. The molecule has 6 heteroatoms. The van der Waals surface area contributed by atoms with Crippen LogP contribution in [0.2, 0.25) is 0 Å². The quantitative estimate of drug-likeness (QED) is 0.470. The van der Waals surface area contributed by atoms with Crippen molar-refractivity contribution in [2.45, 2.75) is 0 Å². The summed E-state index contributed by atoms with van der Waals surface area (Å²) in [4.78, 5) is 0. The van der Waals surface area contributed by atoms with Gasteiger partial charge < -0.3 is 23.7 Å². The summed E-state index contributed by atoms with van der Waals surface area (Å²) in [5.74, 6) is 2.60. The van der Waals surface area contributed by atoms with Crippen molar-refractivity contribution in [3.63, 3.8) is 0 Å². The molecule has 0 atom stereocenters. The Hall–Kier alpha value is -2.18. The van der Waals surface area contributed by atoms with Crippen LogP contribution in [0.3, 0.4) is 0 Å². The zero-order valence-corrected chi connectivity index (χ0v) is 16.3. The maximum absolute atomic E-state index is 5.69. The van der Waals surface area contributed by atoms with Crippen LogP contribution in [0.25, 0.3) is 12.2 Å². The van der Waals surface area contributed by atoms with E-state index >= 15 is 0 Å². The number of hydrogen-bond donors (Lipinski definition) is 0. The summed E-state index contributed by atoms with van der Waals surface area (Å²) in [7, 11) is 6.40. The molecule has 2 rings (SSSR count). The predicted octanol–water partition coefficient (Wildman–Crippen LogP) is 4.63. The SMILES string of the molecule is COCOc1c(OC)ccc(Br)c1/C=C/c1ccc(OC)c(OC)c1. The minimum atomic E-state index is 0.129. The molecule has 0 radical (unpaired) electrons. The molecule has 2 aromatic carbocycles. The van der Waals surface area contributed by atoms with Gasteiger partial charge in [-0.2, -0.15) is 0 Å². The zero-order chi connectivity index (χ0) is 18.2. The summed E-state index contributed by atoms with van der Waals surface area (Å²) in [5.41, 5.74) is 1.82. The molecule has 0 fully saturated rings. The van der Waals surface area contributed by atoms with Crippen LogP contribution >= 0.6 is 15.9 Å². The van der Waals surface area contributed by atoms with Crippen molar-refractivity contribution in [2.24, 2.45) is 0 Å². The van der Waals surface area contributed by atoms with Gasteiger partial charge in [0.1, 0.15) is 0 Å². The lowest BCUT2D eigenvalue weighted by Gasteiger charge is -2.14. The monoisotopic (exact) mass is 408 g/mol. The summed E-state index contributed by atoms with van der Waals surface area (Å²) in [6.45, 7) is 0.129. The summed E-state index contributed by atoms with van der Waals surface area (Å²) in [6.07, 6.45) is 3.90. The van der Waals surface area contributed by atoms with Crippen LogP contribution in [0.15, 0.2) is 34.8 Å². The Balaban J connectivity index is 2.40. The fourth-order valence-electron chi connectivity index (χ4n) is 2.27. The van der Waals surface area contributed by atoms with Crippen LogP contribution in [0.4, 0.5) is 0 Å². The second-order valence-corrected chi connectivity index (χ2v) is 5.85. The molecule has 0 saturated heterocycles. The first kappa shape index (κ1) is 19.1. The van der Waals surface area contributed by atoms with Crippen molar-refractivity contribution in [2.75, 3.05) is 35.2 Å². The van der Waals surface area contributed by atoms with E-state index < -0.39 is 0 Å². The Morgan fingerprint density at radius 3 is 2.16 bits per heavy atom. The molecule has 0 heterocycles. The molecule has 0 amide bonds. The molecular formula is C19H21BrO5. The first-order valence-electron chi connectivity index (χ1n) is 7.53. The fourth-order valence-corrected chi connectivity index (χ4v) is 2.72. The van der Waals surface area contributed by atoms with Crippen molar-refractivity contribution in [3.8, 4) is 23.0 Å². The minimum absolute atomic E-state index is 0.129. The van der Waals surface area contributed by atoms with Crippen LogP contribution in [-0.2, 0) is 4.74 Å². The van der Waals surface area contributed by atoms with E-state index in [-0.39, 0.29) is 6.79 Å². The third kappa shape index (κ3) is 4.67. The lowest BCUT2D eigenvalue weighted by atomic mass is 10.1. The van der Waals surface area contributed by atoms with Crippen molar-refractivity contribution >= 4 is 28.1 Å². The molecular weight excluding hydrogens is 388 g/mol. The number of methoxy groups -OCH3 is 4. The topological polar surface area (TPSA) is 46.2 Å². The van der Waals surface area contributed by atoms with E-state index in [0.717, 1.165) is 15.6 Å². The van der Waals surface area contributed by atoms with Gasteiger partial charge in [0.2, 0.25) is 0 Å². The molecule has 0 unspecified atom stereocenters. The van der Waals surface area contributed by atoms with Gasteiger partial charge in [-0.3, -0.25) is 0 Å². The van der Waals surface area contributed by atoms with E-state index in [0.29, 0.717) is 23.0 Å². The van der Waals surface area contributed by atoms with Gasteiger partial charge in [-0.25, -0.2) is 0 Å². The molecule has 0 N–H and O–H groups in total. The van der Waals surface area contributed by atoms with Crippen LogP contribution in [0, 0.1) is 0 Å². The summed E-state index contributed by atoms with van der Waals surface area (Å²) in [5, 5.41) is 0. The van der Waals surface area contributed by atoms with Crippen molar-refractivity contribution in [1.29, 1.82) is 0 Å². The maximum Gasteiger partial charge on any atom is 0.188 e. The lowest BCUT2D eigenvalue weighted by Crippen LogP contribution is -2.02. The summed E-state index contributed by atoms with van der Waals surface area (Å²) >= 11 is 3.55. The third-order valence-corrected chi connectivity index (χ3v) is 4.19. The van der Waals surface area contributed by atoms with E-state index in [4.69, 9.17) is 23.7 Å². The second-order valence-electron chi connectivity index (χ2n) is 4.99. The summed E-state index contributed by atoms with van der Waals surface area (Å²) < 4.78 is 27.6. The number of halogens is 1. The molecule has 0 aliphatic carbocycles. The highest BCUT2D eigenvalue weighted by Gasteiger charge is 2.13. The van der Waals surface area contributed by atoms with Crippen LogP contribution in [0.5, 0.6) is 23.0 Å². The Bertz CT molecular complexity index is 743. The van der Waals surface area contributed by atoms with E-state index in [1.54, 1.807) is 28.4 Å². The largest absolute Gasteiger partial charge is 0.493 e. The molecule has 0 aromatic heterocycles. The van der Waals surface area contributed by atoms with Gasteiger partial charge in [-0.15, -0.1) is 0 Å². The van der Waals surface area contributed by atoms with E-state index in [2.05, 4.69) is 15.9 Å². The van der Waals surface area contributed by atoms with Gasteiger partial charge in [0, 0.05) is 17.1 Å². The standard InChI is InChI=1S/C19H21BrO5/c1-21-12-25-19-14(15(20)8-10-17(19)23-3)7-5-13-6-9-16(22-2)18(11-13)24-4/h5-11H,12H2,1-4H3/b7-5+. The van der Waals surface area contributed by atoms with E-state index in [9.17, 15) is 0 Å². The normalized spacial score (nSPS) is 10.8. The van der Waals surface area contributed by atoms with Crippen molar-refractivity contribution < 1.29 is 23.7 Å². The maximum atomic E-state index is 5.69. The Labute approximate surface area is 156 Å². The smallest absolute Gasteiger partial charge is 0.188 e. The highest BCUT2D eigenvalue weighted by molar-refractivity contribution is 9.10. The van der Waals surface area contributed by atoms with E-state index in [1.165, 1.54) is 0 Å². The predicted molar refractivity (Wildman–Crippen MR) is 102 cm³/mol. The first-order chi connectivity index (χ1) is 12.1. The van der Waals surface area contributed by atoms with Gasteiger partial charge >= 0.3 is 0 Å². The number of benzene rings is 2. The molecule has 0 aliphatic heterocycles. The van der Waals surface area contributed by atoms with Crippen LogP contribution in [-0.4, -0.2) is 35.2 Å². The number of rotatable bonds is 8. The number of hydrogen-bond acceptors (Lipinski definition) is 5. The van der Waals surface area contributed by atoms with Crippen molar-refractivity contribution in [1.82, 2.24) is 0 Å². The zero-order valence-electron chi connectivity index (χ0n) is 14.7. The second kappa shape index (κ2) is 9.34. The van der Waals surface area contributed by atoms with E-state index in [1.807, 2.05) is 42.5 Å². The van der Waals surface area contributed by atoms with Gasteiger partial charge in [0.05, 0.1) is 21.3 Å². The lowest BCUT2D eigenvalue weighted by molar-refractivity contribution is 0.0489. The molecule has 5 nitrogen and oxygen atoms in total. The molecule has 0 saturated carbocycles. The fraction of sp³-hybridized carbons (Fsp3) is 0.263. The highest BCUT2D eigenvalue weighted by atomic mass is 79.9. The minimum Gasteiger partial charge on any atom is -0.493 e. The molecule has 0 aliphatic rings. The molecule has 134 valence electrons. The Morgan fingerprint density at radius 1 is 0.840 bits per heavy atom. The van der Waals surface area contributed by atoms with Crippen LogP contribution in [0.1, 0.15) is 11.1 Å². The van der Waals surface area contributed by atoms with Gasteiger partial charge in [0.25, 0.3) is 0 Å². The van der Waals surface area contributed by atoms with Gasteiger partial charge in [0.15, 0.2) is 29.8 Å². The molecule has 2 aromatic rings. The van der Waals surface area contributed by atoms with Crippen molar-refractivity contribution in [3.05, 3.63) is 45.9 Å². The average molecular weight is 409 g/mol. The average Bonchev–Trinajstić information content (AvgIpc) is 2.65. The molecule has 0 spiro atoms. The first-order valence-corrected chi connectivity index (χ1v) is 8.32. The Kier molecular flexibility index (Phi) is 7.16. The van der Waals surface area contributed by atoms with Gasteiger partial charge in [-0.05, 0) is 35.9 Å². The van der Waals surface area contributed by atoms with Gasteiger partial charge in [-0.1, -0.05) is 28.1 Å².